The van der Waals surface area contributed by atoms with E-state index < -0.39 is 5.97 Å². The first kappa shape index (κ1) is 17.4. The number of carbonyl (C=O) groups excluding carboxylic acids is 1. The van der Waals surface area contributed by atoms with Crippen LogP contribution < -0.4 is 9.47 Å². The van der Waals surface area contributed by atoms with Crippen molar-refractivity contribution in [1.29, 1.82) is 5.26 Å². The Balaban J connectivity index is 1.98. The third-order valence-corrected chi connectivity index (χ3v) is 4.06. The summed E-state index contributed by atoms with van der Waals surface area (Å²) in [6.45, 7) is 7.65. The van der Waals surface area contributed by atoms with E-state index in [4.69, 9.17) is 14.2 Å². The van der Waals surface area contributed by atoms with Crippen LogP contribution in [0.5, 0.6) is 11.5 Å². The number of aromatic nitrogens is 1. The number of fused-ring (bicyclic) bond motifs is 1. The number of nitrogens with zero attached hydrogens (tertiary/aromatic N) is 2. The molecule has 0 saturated carbocycles. The van der Waals surface area contributed by atoms with Crippen LogP contribution in [0, 0.1) is 25.2 Å². The molecule has 6 heteroatoms. The van der Waals surface area contributed by atoms with E-state index >= 15 is 0 Å². The van der Waals surface area contributed by atoms with Crippen molar-refractivity contribution in [2.24, 2.45) is 0 Å². The van der Waals surface area contributed by atoms with E-state index in [2.05, 4.69) is 6.58 Å². The van der Waals surface area contributed by atoms with E-state index in [9.17, 15) is 10.1 Å². The van der Waals surface area contributed by atoms with Crippen molar-refractivity contribution in [2.75, 3.05) is 13.4 Å². The molecule has 0 bridgehead atoms. The molecule has 3 rings (SSSR count). The van der Waals surface area contributed by atoms with Gasteiger partial charge in [-0.15, -0.1) is 0 Å². The normalized spacial score (nSPS) is 12.6. The van der Waals surface area contributed by atoms with Crippen molar-refractivity contribution >= 4 is 12.0 Å². The highest BCUT2D eigenvalue weighted by Gasteiger charge is 2.17. The molecule has 2 heterocycles. The van der Waals surface area contributed by atoms with Crippen LogP contribution >= 0.6 is 0 Å². The van der Waals surface area contributed by atoms with Gasteiger partial charge in [0.15, 0.2) is 11.5 Å². The average Bonchev–Trinajstić information content (AvgIpc) is 3.21. The third-order valence-electron chi connectivity index (χ3n) is 4.06. The summed E-state index contributed by atoms with van der Waals surface area (Å²) in [4.78, 5) is 11.9. The molecule has 0 unspecified atom stereocenters. The summed E-state index contributed by atoms with van der Waals surface area (Å²) in [5.74, 6) is 0.742. The Morgan fingerprint density at radius 3 is 2.85 bits per heavy atom. The van der Waals surface area contributed by atoms with Gasteiger partial charge >= 0.3 is 5.97 Å². The molecule has 0 radical (unpaired) electrons. The van der Waals surface area contributed by atoms with E-state index in [0.717, 1.165) is 22.6 Å². The van der Waals surface area contributed by atoms with E-state index in [0.29, 0.717) is 11.5 Å². The van der Waals surface area contributed by atoms with Crippen molar-refractivity contribution in [3.05, 3.63) is 59.4 Å². The van der Waals surface area contributed by atoms with Crippen LogP contribution in [0.15, 0.2) is 42.5 Å². The monoisotopic (exact) mass is 350 g/mol. The van der Waals surface area contributed by atoms with Crippen LogP contribution in [0.1, 0.15) is 17.0 Å². The molecule has 0 amide bonds. The maximum atomic E-state index is 11.9. The summed E-state index contributed by atoms with van der Waals surface area (Å²) in [7, 11) is 0. The number of benzene rings is 1. The largest absolute Gasteiger partial charge is 0.457 e. The maximum Gasteiger partial charge on any atom is 0.349 e. The van der Waals surface area contributed by atoms with Gasteiger partial charge in [-0.2, -0.15) is 5.26 Å². The highest BCUT2D eigenvalue weighted by atomic mass is 16.7. The van der Waals surface area contributed by atoms with Gasteiger partial charge in [0.25, 0.3) is 0 Å². The van der Waals surface area contributed by atoms with Crippen LogP contribution in [0.25, 0.3) is 11.8 Å². The fraction of sp³-hybridized carbons (Fsp3) is 0.200. The topological polar surface area (TPSA) is 73.5 Å². The molecule has 1 aromatic carbocycles. The molecule has 2 aromatic rings. The zero-order valence-corrected chi connectivity index (χ0v) is 14.6. The molecule has 0 spiro atoms. The van der Waals surface area contributed by atoms with E-state index in [-0.39, 0.29) is 19.0 Å². The molecule has 0 fully saturated rings. The first-order valence-corrected chi connectivity index (χ1v) is 8.04. The van der Waals surface area contributed by atoms with Crippen LogP contribution in [-0.4, -0.2) is 23.9 Å². The lowest BCUT2D eigenvalue weighted by Gasteiger charge is -2.10. The van der Waals surface area contributed by atoms with Crippen molar-refractivity contribution < 1.29 is 19.0 Å². The number of hydrogen-bond acceptors (Lipinski definition) is 5. The van der Waals surface area contributed by atoms with Crippen LogP contribution in [0.2, 0.25) is 0 Å². The number of aryl methyl sites for hydroxylation is 1. The minimum absolute atomic E-state index is 0.0576. The van der Waals surface area contributed by atoms with Gasteiger partial charge in [-0.25, -0.2) is 4.79 Å². The van der Waals surface area contributed by atoms with Crippen molar-refractivity contribution in [3.8, 4) is 23.3 Å². The Labute approximate surface area is 151 Å². The molecular formula is C20H18N2O4. The Kier molecular flexibility index (Phi) is 4.81. The molecule has 1 aromatic heterocycles. The molecule has 132 valence electrons. The lowest BCUT2D eigenvalue weighted by molar-refractivity contribution is -0.137. The predicted octanol–water partition coefficient (Wildman–Crippen LogP) is 3.46. The minimum atomic E-state index is -0.666. The van der Waals surface area contributed by atoms with Crippen molar-refractivity contribution in [1.82, 2.24) is 4.57 Å². The van der Waals surface area contributed by atoms with Crippen LogP contribution in [0.4, 0.5) is 0 Å². The van der Waals surface area contributed by atoms with Gasteiger partial charge in [0.2, 0.25) is 6.79 Å². The highest BCUT2D eigenvalue weighted by molar-refractivity contribution is 5.98. The van der Waals surface area contributed by atoms with Gasteiger partial charge in [-0.1, -0.05) is 12.7 Å². The molecular weight excluding hydrogens is 332 g/mol. The number of ether oxygens (including phenoxy) is 3. The predicted molar refractivity (Wildman–Crippen MR) is 96.1 cm³/mol. The second-order valence-electron chi connectivity index (χ2n) is 5.76. The summed E-state index contributed by atoms with van der Waals surface area (Å²) in [5, 5.41) is 9.26. The molecule has 0 aliphatic carbocycles. The van der Waals surface area contributed by atoms with Gasteiger partial charge in [-0.3, -0.25) is 0 Å². The van der Waals surface area contributed by atoms with E-state index in [1.807, 2.05) is 48.7 Å². The van der Waals surface area contributed by atoms with Gasteiger partial charge in [0, 0.05) is 23.1 Å². The first-order valence-electron chi connectivity index (χ1n) is 8.04. The smallest absolute Gasteiger partial charge is 0.349 e. The summed E-state index contributed by atoms with van der Waals surface area (Å²) in [6.07, 6.45) is 3.00. The van der Waals surface area contributed by atoms with Crippen molar-refractivity contribution in [2.45, 2.75) is 13.8 Å². The van der Waals surface area contributed by atoms with Crippen LogP contribution in [0.3, 0.4) is 0 Å². The zero-order chi connectivity index (χ0) is 18.7. The molecule has 6 nitrogen and oxygen atoms in total. The van der Waals surface area contributed by atoms with Gasteiger partial charge in [0.05, 0.1) is 0 Å². The summed E-state index contributed by atoms with van der Waals surface area (Å²) in [5.41, 5.74) is 3.48. The second-order valence-corrected chi connectivity index (χ2v) is 5.76. The Morgan fingerprint density at radius 1 is 1.35 bits per heavy atom. The maximum absolute atomic E-state index is 11.9. The minimum Gasteiger partial charge on any atom is -0.457 e. The summed E-state index contributed by atoms with van der Waals surface area (Å²) < 4.78 is 17.8. The summed E-state index contributed by atoms with van der Waals surface area (Å²) >= 11 is 0. The van der Waals surface area contributed by atoms with Gasteiger partial charge < -0.3 is 18.8 Å². The quantitative estimate of drug-likeness (QED) is 0.357. The summed E-state index contributed by atoms with van der Waals surface area (Å²) in [6, 6.07) is 9.51. The Bertz CT molecular complexity index is 947. The Morgan fingerprint density at radius 2 is 2.12 bits per heavy atom. The van der Waals surface area contributed by atoms with E-state index in [1.165, 1.54) is 12.2 Å². The number of hydrogen-bond donors (Lipinski definition) is 0. The molecule has 1 aliphatic rings. The second kappa shape index (κ2) is 7.19. The third kappa shape index (κ3) is 3.20. The molecule has 0 saturated heterocycles. The first-order chi connectivity index (χ1) is 12.5. The fourth-order valence-corrected chi connectivity index (χ4v) is 2.86. The lowest BCUT2D eigenvalue weighted by atomic mass is 10.1. The Hall–Kier alpha value is -3.46. The standard InChI is InChI=1S/C20H18N2O4/c1-4-7-24-20(23)16(11-21)9-15-8-13(2)22(14(15)3)17-5-6-18-19(10-17)26-12-25-18/h4-6,8-10H,1,7,12H2,2-3H3/b16-9+. The zero-order valence-electron chi connectivity index (χ0n) is 14.6. The number of esters is 1. The SMILES string of the molecule is C=CCOC(=O)/C(C#N)=C/c1cc(C)n(-c2ccc3c(c2)OCO3)c1C. The average molecular weight is 350 g/mol. The fourth-order valence-electron chi connectivity index (χ4n) is 2.86. The van der Waals surface area contributed by atoms with Gasteiger partial charge in [0.1, 0.15) is 18.2 Å². The molecule has 0 atom stereocenters. The number of rotatable bonds is 5. The highest BCUT2D eigenvalue weighted by Crippen LogP contribution is 2.35. The van der Waals surface area contributed by atoms with E-state index in [1.54, 1.807) is 0 Å². The molecule has 1 aliphatic heterocycles. The van der Waals surface area contributed by atoms with Crippen LogP contribution in [-0.2, 0) is 9.53 Å². The molecule has 26 heavy (non-hydrogen) atoms. The number of nitriles is 1. The van der Waals surface area contributed by atoms with Gasteiger partial charge in [-0.05, 0) is 43.7 Å². The molecule has 0 N–H and O–H groups in total. The lowest BCUT2D eigenvalue weighted by Crippen LogP contribution is -2.06. The number of carbonyl (C=O) groups is 1. The van der Waals surface area contributed by atoms with Crippen molar-refractivity contribution in [3.63, 3.8) is 0 Å².